The molecule has 1 unspecified atom stereocenters. The van der Waals surface area contributed by atoms with Gasteiger partial charge in [0.1, 0.15) is 5.75 Å². The van der Waals surface area contributed by atoms with E-state index in [-0.39, 0.29) is 12.5 Å². The Balaban J connectivity index is 2.04. The number of aromatic nitrogens is 1. The van der Waals surface area contributed by atoms with Gasteiger partial charge in [-0.2, -0.15) is 0 Å². The number of benzene rings is 1. The highest BCUT2D eigenvalue weighted by Gasteiger charge is 2.09. The average molecular weight is 343 g/mol. The second-order valence-electron chi connectivity index (χ2n) is 5.55. The lowest BCUT2D eigenvalue weighted by atomic mass is 10.1. The molecule has 1 amide bonds. The Hall–Kier alpha value is -2.93. The van der Waals surface area contributed by atoms with Crippen LogP contribution in [0.3, 0.4) is 0 Å². The van der Waals surface area contributed by atoms with Crippen LogP contribution in [0.5, 0.6) is 5.75 Å². The van der Waals surface area contributed by atoms with Gasteiger partial charge in [0.05, 0.1) is 19.3 Å². The number of hydrogen-bond acceptors (Lipinski definition) is 6. The molecule has 2 aromatic rings. The molecule has 0 spiro atoms. The Bertz CT molecular complexity index is 749. The van der Waals surface area contributed by atoms with Gasteiger partial charge >= 0.3 is 5.97 Å². The molecule has 1 heterocycles. The maximum Gasteiger partial charge on any atom is 0.339 e. The first-order valence-electron chi connectivity index (χ1n) is 7.80. The SMILES string of the molecule is COC(=O)c1cncc(-c2cccc(OCCC(N)CC(N)=O)c2)c1. The fraction of sp³-hybridized carbons (Fsp3) is 0.278. The molecule has 132 valence electrons. The molecule has 0 saturated carbocycles. The predicted molar refractivity (Wildman–Crippen MR) is 92.9 cm³/mol. The van der Waals surface area contributed by atoms with Crippen LogP contribution in [-0.2, 0) is 9.53 Å². The van der Waals surface area contributed by atoms with Crippen LogP contribution in [0.1, 0.15) is 23.2 Å². The lowest BCUT2D eigenvalue weighted by molar-refractivity contribution is -0.118. The topological polar surface area (TPSA) is 118 Å². The maximum atomic E-state index is 11.6. The Morgan fingerprint density at radius 3 is 2.72 bits per heavy atom. The third-order valence-electron chi connectivity index (χ3n) is 3.55. The van der Waals surface area contributed by atoms with Crippen LogP contribution in [-0.4, -0.2) is 36.6 Å². The van der Waals surface area contributed by atoms with Crippen LogP contribution in [0.2, 0.25) is 0 Å². The highest BCUT2D eigenvalue weighted by molar-refractivity contribution is 5.90. The zero-order valence-electron chi connectivity index (χ0n) is 14.0. The molecule has 25 heavy (non-hydrogen) atoms. The van der Waals surface area contributed by atoms with Crippen LogP contribution < -0.4 is 16.2 Å². The molecular weight excluding hydrogens is 322 g/mol. The largest absolute Gasteiger partial charge is 0.494 e. The third-order valence-corrected chi connectivity index (χ3v) is 3.55. The third kappa shape index (κ3) is 5.58. The molecule has 0 aliphatic carbocycles. The van der Waals surface area contributed by atoms with Gasteiger partial charge in [0.25, 0.3) is 0 Å². The molecule has 0 bridgehead atoms. The summed E-state index contributed by atoms with van der Waals surface area (Å²) in [5.74, 6) is -0.204. The van der Waals surface area contributed by atoms with E-state index in [0.717, 1.165) is 11.1 Å². The first kappa shape index (κ1) is 18.4. The number of rotatable bonds is 8. The molecule has 1 aromatic carbocycles. The van der Waals surface area contributed by atoms with E-state index in [1.165, 1.54) is 13.3 Å². The van der Waals surface area contributed by atoms with E-state index in [1.54, 1.807) is 12.3 Å². The highest BCUT2D eigenvalue weighted by Crippen LogP contribution is 2.24. The molecule has 4 N–H and O–H groups in total. The number of hydrogen-bond donors (Lipinski definition) is 2. The van der Waals surface area contributed by atoms with E-state index in [1.807, 2.05) is 24.3 Å². The summed E-state index contributed by atoms with van der Waals surface area (Å²) >= 11 is 0. The van der Waals surface area contributed by atoms with Crippen molar-refractivity contribution in [2.45, 2.75) is 18.9 Å². The van der Waals surface area contributed by atoms with E-state index in [4.69, 9.17) is 20.9 Å². The Labute approximate surface area is 145 Å². The zero-order chi connectivity index (χ0) is 18.2. The number of carbonyl (C=O) groups excluding carboxylic acids is 2. The summed E-state index contributed by atoms with van der Waals surface area (Å²) in [6.45, 7) is 0.373. The monoisotopic (exact) mass is 343 g/mol. The van der Waals surface area contributed by atoms with E-state index in [2.05, 4.69) is 4.98 Å². The lowest BCUT2D eigenvalue weighted by Crippen LogP contribution is -2.29. The number of amides is 1. The quantitative estimate of drug-likeness (QED) is 0.702. The smallest absolute Gasteiger partial charge is 0.339 e. The summed E-state index contributed by atoms with van der Waals surface area (Å²) in [5.41, 5.74) is 12.9. The van der Waals surface area contributed by atoms with Gasteiger partial charge < -0.3 is 20.9 Å². The van der Waals surface area contributed by atoms with Crippen LogP contribution in [0, 0.1) is 0 Å². The zero-order valence-corrected chi connectivity index (χ0v) is 14.0. The van der Waals surface area contributed by atoms with Crippen molar-refractivity contribution in [2.24, 2.45) is 11.5 Å². The second kappa shape index (κ2) is 8.79. The fourth-order valence-electron chi connectivity index (χ4n) is 2.28. The molecule has 0 radical (unpaired) electrons. The maximum absolute atomic E-state index is 11.6. The Morgan fingerprint density at radius 1 is 1.20 bits per heavy atom. The second-order valence-corrected chi connectivity index (χ2v) is 5.55. The standard InChI is InChI=1S/C18H21N3O4/c1-24-18(23)14-7-13(10-21-11-14)12-3-2-4-16(8-12)25-6-5-15(19)9-17(20)22/h2-4,7-8,10-11,15H,5-6,9,19H2,1H3,(H2,20,22). The summed E-state index contributed by atoms with van der Waals surface area (Å²) in [6, 6.07) is 8.79. The van der Waals surface area contributed by atoms with Crippen molar-refractivity contribution in [3.05, 3.63) is 48.3 Å². The minimum Gasteiger partial charge on any atom is -0.494 e. The summed E-state index contributed by atoms with van der Waals surface area (Å²) in [7, 11) is 1.33. The van der Waals surface area contributed by atoms with Crippen LogP contribution in [0.25, 0.3) is 11.1 Å². The number of ether oxygens (including phenoxy) is 2. The number of carbonyl (C=O) groups is 2. The van der Waals surface area contributed by atoms with Gasteiger partial charge in [-0.15, -0.1) is 0 Å². The molecule has 7 heteroatoms. The van der Waals surface area contributed by atoms with Gasteiger partial charge in [0, 0.05) is 30.4 Å². The highest BCUT2D eigenvalue weighted by atomic mass is 16.5. The first-order chi connectivity index (χ1) is 12.0. The van der Waals surface area contributed by atoms with Crippen LogP contribution >= 0.6 is 0 Å². The van der Waals surface area contributed by atoms with Crippen molar-refractivity contribution in [1.29, 1.82) is 0 Å². The Morgan fingerprint density at radius 2 is 2.00 bits per heavy atom. The van der Waals surface area contributed by atoms with Crippen molar-refractivity contribution in [2.75, 3.05) is 13.7 Å². The number of methoxy groups -OCH3 is 1. The van der Waals surface area contributed by atoms with Crippen molar-refractivity contribution in [3.8, 4) is 16.9 Å². The Kier molecular flexibility index (Phi) is 6.47. The number of esters is 1. The van der Waals surface area contributed by atoms with Crippen molar-refractivity contribution < 1.29 is 19.1 Å². The van der Waals surface area contributed by atoms with Crippen LogP contribution in [0.15, 0.2) is 42.7 Å². The number of primary amides is 1. The first-order valence-corrected chi connectivity index (χ1v) is 7.80. The predicted octanol–water partition coefficient (Wildman–Crippen LogP) is 1.51. The van der Waals surface area contributed by atoms with Crippen molar-refractivity contribution in [1.82, 2.24) is 4.98 Å². The molecule has 2 rings (SSSR count). The van der Waals surface area contributed by atoms with Gasteiger partial charge in [-0.3, -0.25) is 9.78 Å². The molecule has 0 saturated heterocycles. The van der Waals surface area contributed by atoms with E-state index < -0.39 is 11.9 Å². The van der Waals surface area contributed by atoms with Gasteiger partial charge in [-0.1, -0.05) is 12.1 Å². The molecule has 7 nitrogen and oxygen atoms in total. The summed E-state index contributed by atoms with van der Waals surface area (Å²) in [4.78, 5) is 26.5. The van der Waals surface area contributed by atoms with Crippen molar-refractivity contribution >= 4 is 11.9 Å². The number of pyridine rings is 1. The lowest BCUT2D eigenvalue weighted by Gasteiger charge is -2.12. The minimum absolute atomic E-state index is 0.134. The summed E-state index contributed by atoms with van der Waals surface area (Å²) in [5, 5.41) is 0. The van der Waals surface area contributed by atoms with E-state index in [0.29, 0.717) is 24.3 Å². The van der Waals surface area contributed by atoms with Crippen LogP contribution in [0.4, 0.5) is 0 Å². The molecule has 0 aliphatic heterocycles. The van der Waals surface area contributed by atoms with Gasteiger partial charge in [-0.05, 0) is 30.2 Å². The van der Waals surface area contributed by atoms with Crippen molar-refractivity contribution in [3.63, 3.8) is 0 Å². The van der Waals surface area contributed by atoms with E-state index in [9.17, 15) is 9.59 Å². The molecule has 0 aliphatic rings. The van der Waals surface area contributed by atoms with E-state index >= 15 is 0 Å². The molecular formula is C18H21N3O4. The minimum atomic E-state index is -0.440. The van der Waals surface area contributed by atoms with Gasteiger partial charge in [0.15, 0.2) is 0 Å². The summed E-state index contributed by atoms with van der Waals surface area (Å²) < 4.78 is 10.4. The van der Waals surface area contributed by atoms with Gasteiger partial charge in [-0.25, -0.2) is 4.79 Å². The number of nitrogens with zero attached hydrogens (tertiary/aromatic N) is 1. The van der Waals surface area contributed by atoms with Gasteiger partial charge in [0.2, 0.25) is 5.91 Å². The molecule has 1 aromatic heterocycles. The normalized spacial score (nSPS) is 11.6. The average Bonchev–Trinajstić information content (AvgIpc) is 2.61. The molecule has 0 fully saturated rings. The number of nitrogens with two attached hydrogens (primary N) is 2. The summed E-state index contributed by atoms with van der Waals surface area (Å²) in [6.07, 6.45) is 3.77. The fourth-order valence-corrected chi connectivity index (χ4v) is 2.28. The molecule has 1 atom stereocenters.